The molecule has 2 N–H and O–H groups in total. The van der Waals surface area contributed by atoms with E-state index < -0.39 is 43.7 Å². The van der Waals surface area contributed by atoms with Gasteiger partial charge in [0, 0.05) is 12.1 Å². The number of hydrogen-bond donors (Lipinski definition) is 1. The van der Waals surface area contributed by atoms with E-state index in [1.54, 1.807) is 0 Å². The van der Waals surface area contributed by atoms with Crippen LogP contribution in [0.25, 0.3) is 0 Å². The van der Waals surface area contributed by atoms with Gasteiger partial charge in [0.1, 0.15) is 10.7 Å². The number of nitrogens with two attached hydrogens (primary N) is 1. The second-order valence-corrected chi connectivity index (χ2v) is 4.46. The molecule has 0 atom stereocenters. The van der Waals surface area contributed by atoms with E-state index in [4.69, 9.17) is 0 Å². The van der Waals surface area contributed by atoms with E-state index in [9.17, 15) is 31.7 Å². The fourth-order valence-electron chi connectivity index (χ4n) is 1.08. The molecule has 0 aliphatic rings. The maximum atomic E-state index is 13.2. The molecule has 1 aromatic carbocycles. The van der Waals surface area contributed by atoms with Crippen molar-refractivity contribution in [3.8, 4) is 5.75 Å². The van der Waals surface area contributed by atoms with Gasteiger partial charge in [0.25, 0.3) is 0 Å². The molecule has 18 heavy (non-hydrogen) atoms. The first-order chi connectivity index (χ1) is 8.12. The molecular formula is C7H5F3N2O5S. The van der Waals surface area contributed by atoms with Gasteiger partial charge in [0.15, 0.2) is 0 Å². The summed E-state index contributed by atoms with van der Waals surface area (Å²) in [5.74, 6) is -2.63. The molecule has 1 rings (SSSR count). The summed E-state index contributed by atoms with van der Waals surface area (Å²) in [4.78, 5) is 8.13. The predicted molar refractivity (Wildman–Crippen MR) is 51.1 cm³/mol. The molecule has 0 amide bonds. The number of halogens is 3. The van der Waals surface area contributed by atoms with Crippen LogP contribution >= 0.6 is 0 Å². The number of rotatable bonds is 4. The average Bonchev–Trinajstić information content (AvgIpc) is 2.13. The zero-order valence-electron chi connectivity index (χ0n) is 8.34. The molecule has 0 aliphatic heterocycles. The molecule has 0 aromatic heterocycles. The molecule has 0 bridgehead atoms. The Morgan fingerprint density at radius 1 is 1.39 bits per heavy atom. The van der Waals surface area contributed by atoms with Gasteiger partial charge in [-0.15, -0.1) is 0 Å². The maximum Gasteiger partial charge on any atom is 0.387 e. The summed E-state index contributed by atoms with van der Waals surface area (Å²) in [6.45, 7) is -3.43. The van der Waals surface area contributed by atoms with Gasteiger partial charge in [-0.2, -0.15) is 8.78 Å². The topological polar surface area (TPSA) is 113 Å². The van der Waals surface area contributed by atoms with Crippen molar-refractivity contribution in [1.82, 2.24) is 0 Å². The van der Waals surface area contributed by atoms with Crippen molar-refractivity contribution in [3.05, 3.63) is 28.1 Å². The minimum Gasteiger partial charge on any atom is -0.427 e. The summed E-state index contributed by atoms with van der Waals surface area (Å²) in [6.07, 6.45) is 0. The number of benzene rings is 1. The van der Waals surface area contributed by atoms with Crippen LogP contribution in [0.5, 0.6) is 5.75 Å². The Hall–Kier alpha value is -1.88. The van der Waals surface area contributed by atoms with Crippen molar-refractivity contribution in [1.29, 1.82) is 0 Å². The number of primary sulfonamides is 1. The van der Waals surface area contributed by atoms with Gasteiger partial charge in [0.2, 0.25) is 15.8 Å². The van der Waals surface area contributed by atoms with Crippen LogP contribution in [0.3, 0.4) is 0 Å². The largest absolute Gasteiger partial charge is 0.427 e. The predicted octanol–water partition coefficient (Wildman–Crippen LogP) is 0.983. The average molecular weight is 286 g/mol. The Labute approximate surface area is 98.2 Å². The monoisotopic (exact) mass is 286 g/mol. The smallest absolute Gasteiger partial charge is 0.387 e. The highest BCUT2D eigenvalue weighted by atomic mass is 32.2. The molecule has 0 radical (unpaired) electrons. The Morgan fingerprint density at radius 3 is 2.33 bits per heavy atom. The summed E-state index contributed by atoms with van der Waals surface area (Å²) < 4.78 is 62.6. The standard InChI is InChI=1S/C7H5F3N2O5S/c8-3-1-5(17-7(9)10)4(12(13)14)2-6(3)18(11,15)16/h1-2,7H,(H2,11,15,16). The van der Waals surface area contributed by atoms with E-state index in [0.29, 0.717) is 0 Å². The Bertz CT molecular complexity index is 589. The Morgan fingerprint density at radius 2 is 1.94 bits per heavy atom. The third-order valence-corrected chi connectivity index (χ3v) is 2.66. The number of sulfonamides is 1. The van der Waals surface area contributed by atoms with Gasteiger partial charge >= 0.3 is 12.3 Å². The zero-order chi connectivity index (χ0) is 14.1. The summed E-state index contributed by atoms with van der Waals surface area (Å²) in [5, 5.41) is 15.1. The first-order valence-electron chi connectivity index (χ1n) is 4.08. The molecule has 0 heterocycles. The summed E-state index contributed by atoms with van der Waals surface area (Å²) in [7, 11) is -4.56. The third kappa shape index (κ3) is 3.07. The van der Waals surface area contributed by atoms with Crippen molar-refractivity contribution in [2.45, 2.75) is 11.5 Å². The fraction of sp³-hybridized carbons (Fsp3) is 0.143. The molecule has 0 fully saturated rings. The van der Waals surface area contributed by atoms with Crippen LogP contribution < -0.4 is 9.88 Å². The van der Waals surface area contributed by atoms with E-state index in [2.05, 4.69) is 9.88 Å². The van der Waals surface area contributed by atoms with Crippen LogP contribution in [-0.4, -0.2) is 20.0 Å². The minimum atomic E-state index is -4.56. The highest BCUT2D eigenvalue weighted by Crippen LogP contribution is 2.32. The SMILES string of the molecule is NS(=O)(=O)c1cc([N+](=O)[O-])c(OC(F)F)cc1F. The van der Waals surface area contributed by atoms with Gasteiger partial charge < -0.3 is 4.74 Å². The van der Waals surface area contributed by atoms with Crippen LogP contribution in [0.2, 0.25) is 0 Å². The zero-order valence-corrected chi connectivity index (χ0v) is 9.16. The molecular weight excluding hydrogens is 281 g/mol. The van der Waals surface area contributed by atoms with E-state index in [1.165, 1.54) is 0 Å². The molecule has 100 valence electrons. The molecule has 0 saturated carbocycles. The number of nitro benzene ring substituents is 1. The number of ether oxygens (including phenoxy) is 1. The summed E-state index contributed by atoms with van der Waals surface area (Å²) in [5.41, 5.74) is -1.14. The van der Waals surface area contributed by atoms with E-state index >= 15 is 0 Å². The van der Waals surface area contributed by atoms with Crippen LogP contribution in [0, 0.1) is 15.9 Å². The second-order valence-electron chi connectivity index (χ2n) is 2.93. The first-order valence-corrected chi connectivity index (χ1v) is 5.63. The first kappa shape index (κ1) is 14.2. The summed E-state index contributed by atoms with van der Waals surface area (Å²) >= 11 is 0. The summed E-state index contributed by atoms with van der Waals surface area (Å²) in [6, 6.07) is 0.367. The van der Waals surface area contributed by atoms with Crippen molar-refractivity contribution >= 4 is 15.7 Å². The lowest BCUT2D eigenvalue weighted by molar-refractivity contribution is -0.386. The molecule has 7 nitrogen and oxygen atoms in total. The quantitative estimate of drug-likeness (QED) is 0.654. The van der Waals surface area contributed by atoms with E-state index in [0.717, 1.165) is 0 Å². The maximum absolute atomic E-state index is 13.2. The number of nitro groups is 1. The highest BCUT2D eigenvalue weighted by molar-refractivity contribution is 7.89. The van der Waals surface area contributed by atoms with Crippen molar-refractivity contribution in [2.75, 3.05) is 0 Å². The van der Waals surface area contributed by atoms with Crippen molar-refractivity contribution < 1.29 is 31.2 Å². The van der Waals surface area contributed by atoms with Gasteiger partial charge in [-0.05, 0) is 0 Å². The number of nitrogens with zero attached hydrogens (tertiary/aromatic N) is 1. The number of alkyl halides is 2. The van der Waals surface area contributed by atoms with E-state index in [-0.39, 0.29) is 12.1 Å². The lowest BCUT2D eigenvalue weighted by Crippen LogP contribution is -2.15. The second kappa shape index (κ2) is 4.78. The lowest BCUT2D eigenvalue weighted by Gasteiger charge is -2.07. The third-order valence-electron chi connectivity index (χ3n) is 1.73. The Balaban J connectivity index is 3.49. The van der Waals surface area contributed by atoms with Crippen LogP contribution in [0.15, 0.2) is 17.0 Å². The van der Waals surface area contributed by atoms with Gasteiger partial charge in [0.05, 0.1) is 4.92 Å². The normalized spacial score (nSPS) is 11.6. The van der Waals surface area contributed by atoms with Crippen LogP contribution in [-0.2, 0) is 10.0 Å². The molecule has 1 aromatic rings. The fourth-order valence-corrected chi connectivity index (χ4v) is 1.68. The molecule has 0 spiro atoms. The highest BCUT2D eigenvalue weighted by Gasteiger charge is 2.26. The van der Waals surface area contributed by atoms with Gasteiger partial charge in [-0.1, -0.05) is 0 Å². The van der Waals surface area contributed by atoms with Crippen LogP contribution in [0.1, 0.15) is 0 Å². The van der Waals surface area contributed by atoms with Gasteiger partial charge in [-0.25, -0.2) is 17.9 Å². The molecule has 0 saturated heterocycles. The number of hydrogen-bond acceptors (Lipinski definition) is 5. The van der Waals surface area contributed by atoms with E-state index in [1.807, 2.05) is 0 Å². The van der Waals surface area contributed by atoms with Crippen molar-refractivity contribution in [3.63, 3.8) is 0 Å². The lowest BCUT2D eigenvalue weighted by atomic mass is 10.3. The minimum absolute atomic E-state index is 0.157. The molecule has 0 unspecified atom stereocenters. The van der Waals surface area contributed by atoms with Crippen LogP contribution in [0.4, 0.5) is 18.9 Å². The molecule has 11 heteroatoms. The Kier molecular flexibility index (Phi) is 3.76. The van der Waals surface area contributed by atoms with Crippen molar-refractivity contribution in [2.24, 2.45) is 5.14 Å². The molecule has 0 aliphatic carbocycles. The van der Waals surface area contributed by atoms with Gasteiger partial charge in [-0.3, -0.25) is 10.1 Å².